The van der Waals surface area contributed by atoms with Gasteiger partial charge in [0.15, 0.2) is 6.61 Å². The molecule has 1 atom stereocenters. The van der Waals surface area contributed by atoms with Crippen LogP contribution in [0, 0.1) is 5.92 Å². The normalized spacial score (nSPS) is 19.2. The van der Waals surface area contributed by atoms with Gasteiger partial charge < -0.3 is 19.7 Å². The second kappa shape index (κ2) is 9.03. The number of hydrogen-bond donors (Lipinski definition) is 1. The fraction of sp³-hybridized carbons (Fsp3) is 0.600. The molecule has 3 rings (SSSR count). The molecule has 1 aromatic carbocycles. The third-order valence-corrected chi connectivity index (χ3v) is 4.80. The summed E-state index contributed by atoms with van der Waals surface area (Å²) in [6.45, 7) is 4.11. The van der Waals surface area contributed by atoms with Gasteiger partial charge in [-0.25, -0.2) is 0 Å². The average Bonchev–Trinajstić information content (AvgIpc) is 3.32. The summed E-state index contributed by atoms with van der Waals surface area (Å²) in [5.74, 6) is 1.24. The van der Waals surface area contributed by atoms with Gasteiger partial charge in [-0.05, 0) is 55.9 Å². The number of hydrogen-bond acceptors (Lipinski definition) is 4. The Labute approximate surface area is 154 Å². The highest BCUT2D eigenvalue weighted by atomic mass is 16.5. The highest BCUT2D eigenvalue weighted by Gasteiger charge is 2.29. The highest BCUT2D eigenvalue weighted by molar-refractivity contribution is 5.90. The molecule has 2 amide bonds. The summed E-state index contributed by atoms with van der Waals surface area (Å²) >= 11 is 0. The molecule has 6 nitrogen and oxygen atoms in total. The van der Waals surface area contributed by atoms with Crippen LogP contribution in [0.5, 0.6) is 5.75 Å². The Bertz CT molecular complexity index is 607. The van der Waals surface area contributed by atoms with Crippen molar-refractivity contribution in [3.05, 3.63) is 24.3 Å². The zero-order valence-electron chi connectivity index (χ0n) is 15.4. The molecule has 2 fully saturated rings. The third-order valence-electron chi connectivity index (χ3n) is 4.80. The van der Waals surface area contributed by atoms with E-state index in [1.54, 1.807) is 24.3 Å². The summed E-state index contributed by atoms with van der Waals surface area (Å²) in [6, 6.07) is 7.09. The Morgan fingerprint density at radius 1 is 1.19 bits per heavy atom. The van der Waals surface area contributed by atoms with Crippen molar-refractivity contribution in [2.45, 2.75) is 45.1 Å². The lowest BCUT2D eigenvalue weighted by molar-refractivity contribution is -0.135. The fourth-order valence-electron chi connectivity index (χ4n) is 3.04. The Morgan fingerprint density at radius 2 is 1.96 bits per heavy atom. The van der Waals surface area contributed by atoms with Gasteiger partial charge in [-0.3, -0.25) is 9.59 Å². The third kappa shape index (κ3) is 5.73. The van der Waals surface area contributed by atoms with E-state index in [-0.39, 0.29) is 24.5 Å². The molecule has 142 valence electrons. The van der Waals surface area contributed by atoms with Crippen LogP contribution >= 0.6 is 0 Å². The van der Waals surface area contributed by atoms with Crippen molar-refractivity contribution >= 4 is 17.5 Å². The van der Waals surface area contributed by atoms with Crippen molar-refractivity contribution < 1.29 is 19.1 Å². The van der Waals surface area contributed by atoms with Crippen LogP contribution in [0.25, 0.3) is 0 Å². The molecule has 0 aromatic heterocycles. The van der Waals surface area contributed by atoms with E-state index in [9.17, 15) is 9.59 Å². The molecule has 1 saturated carbocycles. The summed E-state index contributed by atoms with van der Waals surface area (Å²) in [4.78, 5) is 25.9. The number of anilines is 1. The number of nitrogens with one attached hydrogen (secondary N) is 1. The monoisotopic (exact) mass is 360 g/mol. The molecule has 1 N–H and O–H groups in total. The Kier molecular flexibility index (Phi) is 6.50. The van der Waals surface area contributed by atoms with E-state index >= 15 is 0 Å². The summed E-state index contributed by atoms with van der Waals surface area (Å²) in [5.41, 5.74) is 0.726. The van der Waals surface area contributed by atoms with E-state index in [2.05, 4.69) is 5.32 Å². The van der Waals surface area contributed by atoms with Crippen LogP contribution in [0.2, 0.25) is 0 Å². The van der Waals surface area contributed by atoms with Crippen molar-refractivity contribution in [3.63, 3.8) is 0 Å². The quantitative estimate of drug-likeness (QED) is 0.735. The second-order valence-electron chi connectivity index (χ2n) is 7.09. The zero-order valence-corrected chi connectivity index (χ0v) is 15.4. The lowest BCUT2D eigenvalue weighted by Gasteiger charge is -2.25. The molecule has 1 heterocycles. The van der Waals surface area contributed by atoms with Gasteiger partial charge in [-0.15, -0.1) is 0 Å². The average molecular weight is 360 g/mol. The minimum Gasteiger partial charge on any atom is -0.484 e. The van der Waals surface area contributed by atoms with Crippen LogP contribution in [-0.2, 0) is 14.3 Å². The SMILES string of the molecule is CCC(=O)Nc1ccc(OCC(=O)N(CC2CC2)C[C@H]2CCCO2)cc1. The predicted molar refractivity (Wildman–Crippen MR) is 99.1 cm³/mol. The molecule has 6 heteroatoms. The Balaban J connectivity index is 1.49. The number of rotatable bonds is 9. The number of ether oxygens (including phenoxy) is 2. The van der Waals surface area contributed by atoms with E-state index < -0.39 is 0 Å². The second-order valence-corrected chi connectivity index (χ2v) is 7.09. The van der Waals surface area contributed by atoms with Crippen LogP contribution in [0.1, 0.15) is 39.0 Å². The van der Waals surface area contributed by atoms with E-state index in [4.69, 9.17) is 9.47 Å². The van der Waals surface area contributed by atoms with Gasteiger partial charge in [0.05, 0.1) is 6.10 Å². The molecular weight excluding hydrogens is 332 g/mol. The highest BCUT2D eigenvalue weighted by Crippen LogP contribution is 2.30. The summed E-state index contributed by atoms with van der Waals surface area (Å²) in [6.07, 6.45) is 5.13. The minimum absolute atomic E-state index is 0.00997. The summed E-state index contributed by atoms with van der Waals surface area (Å²) < 4.78 is 11.3. The number of carbonyl (C=O) groups excluding carboxylic acids is 2. The molecule has 26 heavy (non-hydrogen) atoms. The molecule has 0 unspecified atom stereocenters. The summed E-state index contributed by atoms with van der Waals surface area (Å²) in [7, 11) is 0. The molecule has 1 aromatic rings. The van der Waals surface area contributed by atoms with E-state index in [1.165, 1.54) is 12.8 Å². The van der Waals surface area contributed by atoms with E-state index in [0.29, 0.717) is 24.6 Å². The first-order valence-electron chi connectivity index (χ1n) is 9.56. The standard InChI is InChI=1S/C20H28N2O4/c1-2-19(23)21-16-7-9-17(10-8-16)26-14-20(24)22(12-15-5-6-15)13-18-4-3-11-25-18/h7-10,15,18H,2-6,11-14H2,1H3,(H,21,23)/t18-/m1/s1. The first-order chi connectivity index (χ1) is 12.6. The van der Waals surface area contributed by atoms with Gasteiger partial charge in [0.25, 0.3) is 5.91 Å². The van der Waals surface area contributed by atoms with Crippen LogP contribution in [0.3, 0.4) is 0 Å². The van der Waals surface area contributed by atoms with Gasteiger partial charge >= 0.3 is 0 Å². The fourth-order valence-corrected chi connectivity index (χ4v) is 3.04. The number of nitrogens with zero attached hydrogens (tertiary/aromatic N) is 1. The minimum atomic E-state index is -0.0290. The van der Waals surface area contributed by atoms with Crippen molar-refractivity contribution in [3.8, 4) is 5.75 Å². The van der Waals surface area contributed by atoms with E-state index in [1.807, 2.05) is 11.8 Å². The largest absolute Gasteiger partial charge is 0.484 e. The van der Waals surface area contributed by atoms with Gasteiger partial charge in [-0.2, -0.15) is 0 Å². The van der Waals surface area contributed by atoms with Gasteiger partial charge in [0.2, 0.25) is 5.91 Å². The Morgan fingerprint density at radius 3 is 2.58 bits per heavy atom. The first kappa shape index (κ1) is 18.7. The lowest BCUT2D eigenvalue weighted by Crippen LogP contribution is -2.41. The maximum absolute atomic E-state index is 12.6. The van der Waals surface area contributed by atoms with Crippen molar-refractivity contribution in [1.82, 2.24) is 4.90 Å². The number of benzene rings is 1. The number of amides is 2. The van der Waals surface area contributed by atoms with Crippen molar-refractivity contribution in [2.24, 2.45) is 5.92 Å². The van der Waals surface area contributed by atoms with Gasteiger partial charge in [0, 0.05) is 31.8 Å². The first-order valence-corrected chi connectivity index (χ1v) is 9.56. The van der Waals surface area contributed by atoms with Crippen molar-refractivity contribution in [2.75, 3.05) is 31.6 Å². The molecule has 0 bridgehead atoms. The lowest BCUT2D eigenvalue weighted by atomic mass is 10.2. The zero-order chi connectivity index (χ0) is 18.4. The van der Waals surface area contributed by atoms with Crippen LogP contribution in [0.15, 0.2) is 24.3 Å². The topological polar surface area (TPSA) is 67.9 Å². The van der Waals surface area contributed by atoms with Crippen LogP contribution < -0.4 is 10.1 Å². The predicted octanol–water partition coefficient (Wildman–Crippen LogP) is 2.83. The number of carbonyl (C=O) groups is 2. The van der Waals surface area contributed by atoms with Crippen LogP contribution in [0.4, 0.5) is 5.69 Å². The maximum atomic E-state index is 12.6. The molecule has 1 aliphatic heterocycles. The van der Waals surface area contributed by atoms with Crippen molar-refractivity contribution in [1.29, 1.82) is 0 Å². The molecule has 1 saturated heterocycles. The van der Waals surface area contributed by atoms with Gasteiger partial charge in [0.1, 0.15) is 5.75 Å². The van der Waals surface area contributed by atoms with Gasteiger partial charge in [-0.1, -0.05) is 6.92 Å². The van der Waals surface area contributed by atoms with Crippen LogP contribution in [-0.4, -0.2) is 49.1 Å². The molecular formula is C20H28N2O4. The van der Waals surface area contributed by atoms with E-state index in [0.717, 1.165) is 31.7 Å². The molecule has 0 spiro atoms. The Hall–Kier alpha value is -2.08. The molecule has 1 aliphatic carbocycles. The smallest absolute Gasteiger partial charge is 0.260 e. The summed E-state index contributed by atoms with van der Waals surface area (Å²) in [5, 5.41) is 2.79. The molecule has 2 aliphatic rings. The maximum Gasteiger partial charge on any atom is 0.260 e. The molecule has 0 radical (unpaired) electrons.